The molecule has 0 radical (unpaired) electrons. The Balaban J connectivity index is 1.38. The molecule has 2 amide bonds. The summed E-state index contributed by atoms with van der Waals surface area (Å²) in [7, 11) is 2.03. The summed E-state index contributed by atoms with van der Waals surface area (Å²) in [5, 5.41) is 12.8. The van der Waals surface area contributed by atoms with E-state index in [1.165, 1.54) is 0 Å². The first-order valence-corrected chi connectivity index (χ1v) is 13.8. The quantitative estimate of drug-likeness (QED) is 0.431. The number of fused-ring (bicyclic) bond motifs is 2. The second kappa shape index (κ2) is 12.6. The van der Waals surface area contributed by atoms with Crippen LogP contribution in [0.4, 0.5) is 5.69 Å². The number of rotatable bonds is 8. The van der Waals surface area contributed by atoms with E-state index in [1.54, 1.807) is 41.6 Å². The number of amides is 2. The number of nitrogens with zero attached hydrogens (tertiary/aromatic N) is 3. The maximum absolute atomic E-state index is 13.5. The van der Waals surface area contributed by atoms with E-state index >= 15 is 0 Å². The van der Waals surface area contributed by atoms with Gasteiger partial charge in [-0.2, -0.15) is 0 Å². The number of carbonyl (C=O) groups is 2. The number of aliphatic hydroxyl groups excluding tert-OH is 1. The van der Waals surface area contributed by atoms with Gasteiger partial charge in [-0.25, -0.2) is 0 Å². The fourth-order valence-corrected chi connectivity index (χ4v) is 5.15. The Hall–Kier alpha value is -4.15. The summed E-state index contributed by atoms with van der Waals surface area (Å²) in [5.74, 6) is 1.71. The van der Waals surface area contributed by atoms with E-state index in [0.29, 0.717) is 42.2 Å². The van der Waals surface area contributed by atoms with Gasteiger partial charge in [0.15, 0.2) is 11.5 Å². The van der Waals surface area contributed by atoms with Crippen LogP contribution in [0.15, 0.2) is 60.9 Å². The molecule has 10 heteroatoms. The summed E-state index contributed by atoms with van der Waals surface area (Å²) >= 11 is 0. The van der Waals surface area contributed by atoms with Crippen LogP contribution in [0.5, 0.6) is 17.2 Å². The first-order valence-electron chi connectivity index (χ1n) is 13.8. The number of anilines is 1. The second-order valence-corrected chi connectivity index (χ2v) is 10.8. The summed E-state index contributed by atoms with van der Waals surface area (Å²) in [5.41, 5.74) is 2.81. The highest BCUT2D eigenvalue weighted by molar-refractivity contribution is 6.04. The molecule has 2 N–H and O–H groups in total. The van der Waals surface area contributed by atoms with Gasteiger partial charge in [0.25, 0.3) is 5.91 Å². The molecule has 5 rings (SSSR count). The Labute approximate surface area is 239 Å². The van der Waals surface area contributed by atoms with E-state index in [1.807, 2.05) is 38.2 Å². The number of carbonyl (C=O) groups excluding carboxylic acids is 2. The summed E-state index contributed by atoms with van der Waals surface area (Å²) < 4.78 is 17.6. The van der Waals surface area contributed by atoms with Crippen LogP contribution in [0.25, 0.3) is 0 Å². The molecule has 3 aromatic rings. The summed E-state index contributed by atoms with van der Waals surface area (Å²) in [6.45, 7) is 5.73. The highest BCUT2D eigenvalue weighted by Gasteiger charge is 2.31. The predicted molar refractivity (Wildman–Crippen MR) is 153 cm³/mol. The Bertz CT molecular complexity index is 1380. The zero-order valence-corrected chi connectivity index (χ0v) is 23.6. The van der Waals surface area contributed by atoms with Gasteiger partial charge in [-0.1, -0.05) is 13.0 Å². The zero-order valence-electron chi connectivity index (χ0n) is 23.6. The van der Waals surface area contributed by atoms with Crippen LogP contribution in [-0.4, -0.2) is 77.4 Å². The van der Waals surface area contributed by atoms with Gasteiger partial charge >= 0.3 is 0 Å². The number of hydrogen-bond acceptors (Lipinski definition) is 8. The Morgan fingerprint density at radius 3 is 2.66 bits per heavy atom. The number of likely N-dealkylation sites (N-methyl/N-ethyl adjacent to an activating group) is 1. The van der Waals surface area contributed by atoms with Crippen LogP contribution in [-0.2, 0) is 17.8 Å². The molecule has 0 bridgehead atoms. The summed E-state index contributed by atoms with van der Waals surface area (Å²) in [4.78, 5) is 34.1. The molecule has 1 aromatic heterocycles. The molecule has 0 spiro atoms. The van der Waals surface area contributed by atoms with Crippen LogP contribution in [0.3, 0.4) is 0 Å². The fourth-order valence-electron chi connectivity index (χ4n) is 5.15. The van der Waals surface area contributed by atoms with Crippen molar-refractivity contribution in [1.29, 1.82) is 0 Å². The van der Waals surface area contributed by atoms with Gasteiger partial charge in [-0.15, -0.1) is 0 Å². The third kappa shape index (κ3) is 6.78. The van der Waals surface area contributed by atoms with Crippen LogP contribution < -0.4 is 19.5 Å². The predicted octanol–water partition coefficient (Wildman–Crippen LogP) is 3.34. The third-order valence-corrected chi connectivity index (χ3v) is 7.50. The van der Waals surface area contributed by atoms with E-state index in [0.717, 1.165) is 17.1 Å². The summed E-state index contributed by atoms with van der Waals surface area (Å²) in [6, 6.07) is 14.3. The van der Waals surface area contributed by atoms with Crippen LogP contribution >= 0.6 is 0 Å². The molecule has 3 atom stereocenters. The molecule has 41 heavy (non-hydrogen) atoms. The minimum atomic E-state index is -0.340. The molecular weight excluding hydrogens is 524 g/mol. The van der Waals surface area contributed by atoms with Crippen molar-refractivity contribution in [3.63, 3.8) is 0 Å². The van der Waals surface area contributed by atoms with Crippen molar-refractivity contribution in [2.75, 3.05) is 38.9 Å². The maximum atomic E-state index is 13.5. The van der Waals surface area contributed by atoms with Gasteiger partial charge in [0.05, 0.1) is 19.1 Å². The molecule has 216 valence electrons. The first-order chi connectivity index (χ1) is 19.8. The van der Waals surface area contributed by atoms with Crippen LogP contribution in [0.1, 0.15) is 35.3 Å². The first kappa shape index (κ1) is 28.4. The summed E-state index contributed by atoms with van der Waals surface area (Å²) in [6.07, 6.45) is 2.97. The normalized spacial score (nSPS) is 19.0. The lowest BCUT2D eigenvalue weighted by atomic mass is 10.0. The molecule has 0 aliphatic carbocycles. The van der Waals surface area contributed by atoms with Gasteiger partial charge in [-0.3, -0.25) is 19.5 Å². The van der Waals surface area contributed by atoms with Crippen LogP contribution in [0.2, 0.25) is 0 Å². The van der Waals surface area contributed by atoms with Crippen molar-refractivity contribution in [2.24, 2.45) is 5.92 Å². The van der Waals surface area contributed by atoms with E-state index in [9.17, 15) is 14.7 Å². The lowest BCUT2D eigenvalue weighted by Gasteiger charge is -2.34. The monoisotopic (exact) mass is 560 g/mol. The highest BCUT2D eigenvalue weighted by Crippen LogP contribution is 2.33. The SMILES string of the molecule is C[C@H](CO)N1C[C@H](C)[C@@H](CN(C)Cc2ccc3c(c2)OCO3)Oc2ccc(NC(=O)c3ccncc3)cc2CC1=O. The number of pyridine rings is 1. The van der Waals surface area contributed by atoms with Crippen LogP contribution in [0, 0.1) is 5.92 Å². The number of aromatic nitrogens is 1. The average Bonchev–Trinajstić information content (AvgIpc) is 3.45. The minimum Gasteiger partial charge on any atom is -0.488 e. The molecular formula is C31H36N4O6. The molecule has 0 saturated carbocycles. The molecule has 0 unspecified atom stereocenters. The minimum absolute atomic E-state index is 0.0239. The van der Waals surface area contributed by atoms with Crippen molar-refractivity contribution in [3.05, 3.63) is 77.6 Å². The average molecular weight is 561 g/mol. The Kier molecular flexibility index (Phi) is 8.70. The molecule has 2 aliphatic rings. The Morgan fingerprint density at radius 1 is 1.12 bits per heavy atom. The van der Waals surface area contributed by atoms with Gasteiger partial charge in [-0.05, 0) is 62.0 Å². The number of benzene rings is 2. The Morgan fingerprint density at radius 2 is 1.88 bits per heavy atom. The van der Waals surface area contributed by atoms with Gasteiger partial charge < -0.3 is 29.5 Å². The lowest BCUT2D eigenvalue weighted by molar-refractivity contribution is -0.134. The van der Waals surface area contributed by atoms with E-state index in [2.05, 4.69) is 22.1 Å². The van der Waals surface area contributed by atoms with E-state index < -0.39 is 0 Å². The standard InChI is InChI=1S/C31H36N4O6/c1-20-15-35(21(2)18-36)30(37)14-24-13-25(33-31(38)23-8-10-32-11-9-23)5-7-26(24)41-29(20)17-34(3)16-22-4-6-27-28(12-22)40-19-39-27/h4-13,20-21,29,36H,14-19H2,1-3H3,(H,33,38)/t20-,21+,29+/m0/s1. The second-order valence-electron chi connectivity index (χ2n) is 10.8. The van der Waals surface area contributed by atoms with Crippen molar-refractivity contribution in [1.82, 2.24) is 14.8 Å². The molecule has 2 aliphatic heterocycles. The number of aliphatic hydroxyl groups is 1. The molecule has 3 heterocycles. The maximum Gasteiger partial charge on any atom is 0.255 e. The topological polar surface area (TPSA) is 113 Å². The van der Waals surface area contributed by atoms with Gasteiger partial charge in [0.1, 0.15) is 11.9 Å². The van der Waals surface area contributed by atoms with Crippen molar-refractivity contribution >= 4 is 17.5 Å². The van der Waals surface area contributed by atoms with Gasteiger partial charge in [0.2, 0.25) is 12.7 Å². The van der Waals surface area contributed by atoms with Crippen molar-refractivity contribution in [3.8, 4) is 17.2 Å². The van der Waals surface area contributed by atoms with Gasteiger partial charge in [0, 0.05) is 54.8 Å². The molecule has 10 nitrogen and oxygen atoms in total. The smallest absolute Gasteiger partial charge is 0.255 e. The number of ether oxygens (including phenoxy) is 3. The number of nitrogens with one attached hydrogen (secondary N) is 1. The number of hydrogen-bond donors (Lipinski definition) is 2. The van der Waals surface area contributed by atoms with Crippen molar-refractivity contribution < 1.29 is 28.9 Å². The molecule has 0 saturated heterocycles. The largest absolute Gasteiger partial charge is 0.488 e. The van der Waals surface area contributed by atoms with E-state index in [-0.39, 0.29) is 49.7 Å². The highest BCUT2D eigenvalue weighted by atomic mass is 16.7. The lowest BCUT2D eigenvalue weighted by Crippen LogP contribution is -2.47. The van der Waals surface area contributed by atoms with E-state index in [4.69, 9.17) is 14.2 Å². The molecule has 2 aromatic carbocycles. The third-order valence-electron chi connectivity index (χ3n) is 7.50. The molecule has 0 fully saturated rings. The van der Waals surface area contributed by atoms with Crippen molar-refractivity contribution in [2.45, 2.75) is 39.0 Å². The fraction of sp³-hybridized carbons (Fsp3) is 0.387. The zero-order chi connectivity index (χ0) is 28.9.